The number of aliphatic hydroxyl groups excluding tert-OH is 5. The van der Waals surface area contributed by atoms with Gasteiger partial charge in [-0.25, -0.2) is 0 Å². The first-order valence-electron chi connectivity index (χ1n) is 17.9. The summed E-state index contributed by atoms with van der Waals surface area (Å²) < 4.78 is 0. The molecule has 0 radical (unpaired) electrons. The number of fused-ring (bicyclic) bond motifs is 1. The summed E-state index contributed by atoms with van der Waals surface area (Å²) in [5.41, 5.74) is 2.84. The van der Waals surface area contributed by atoms with Crippen molar-refractivity contribution in [3.8, 4) is 0 Å². The van der Waals surface area contributed by atoms with Gasteiger partial charge in [-0.3, -0.25) is 4.79 Å². The molecule has 3 rings (SSSR count). The molecule has 278 valence electrons. The summed E-state index contributed by atoms with van der Waals surface area (Å²) in [6.45, 7) is 12.1. The van der Waals surface area contributed by atoms with Crippen molar-refractivity contribution in [1.82, 2.24) is 0 Å². The van der Waals surface area contributed by atoms with E-state index in [0.29, 0.717) is 5.69 Å². The number of nitrogens with one attached hydrogen (secondary N) is 1. The standard InChI is InChI=1S/C32H47N3O7S.2C3H8/c1-5-7-14-32(15-8-6-2)19-43-25-13-12-22(35(3)4)17-23(25)26(30(32)40)20-10-9-11-21(16-20)34-31(41)29(39)28(38)27(37)24(36)18-33-42;2*1-3-2/h9-13,16-17,24,26-30,36-40H,5-8,14-15,18-19H2,1-4H3,(H,34,41);2*3H2,1-2H3/t24?,26?,27-,28+,29-,30?;;/m1../s1. The molecule has 2 aromatic rings. The minimum atomic E-state index is -2.08. The predicted octanol–water partition coefficient (Wildman–Crippen LogP) is 6.70. The van der Waals surface area contributed by atoms with Gasteiger partial charge in [0.05, 0.1) is 6.10 Å². The van der Waals surface area contributed by atoms with E-state index in [1.807, 2.05) is 25.1 Å². The van der Waals surface area contributed by atoms with Crippen LogP contribution in [0.1, 0.15) is 110 Å². The summed E-state index contributed by atoms with van der Waals surface area (Å²) in [7, 11) is 3.95. The maximum atomic E-state index is 12.8. The molecular weight excluding hydrogens is 642 g/mol. The smallest absolute Gasteiger partial charge is 0.256 e. The molecule has 6 N–H and O–H groups in total. The van der Waals surface area contributed by atoms with Crippen LogP contribution in [0.2, 0.25) is 0 Å². The normalized spacial score (nSPS) is 18.9. The Balaban J connectivity index is 0.00000186. The van der Waals surface area contributed by atoms with E-state index in [0.717, 1.165) is 66.0 Å². The van der Waals surface area contributed by atoms with E-state index < -0.39 is 48.9 Å². The highest BCUT2D eigenvalue weighted by Crippen LogP contribution is 2.52. The van der Waals surface area contributed by atoms with Gasteiger partial charge < -0.3 is 35.7 Å². The molecule has 1 amide bonds. The largest absolute Gasteiger partial charge is 0.392 e. The Kier molecular flexibility index (Phi) is 20.9. The zero-order valence-corrected chi connectivity index (χ0v) is 31.7. The van der Waals surface area contributed by atoms with Crippen LogP contribution in [0.15, 0.2) is 52.5 Å². The SMILES string of the molecule is CCC.CCC.CCCCC1(CCCC)CSc2ccc(N(C)C)cc2C(c2cccc(NC(=O)[C@H](O)[C@@H](O)[C@H](O)C(O)CN=O)c2)C1O. The first kappa shape index (κ1) is 44.5. The van der Waals surface area contributed by atoms with Gasteiger partial charge in [-0.2, -0.15) is 4.91 Å². The lowest BCUT2D eigenvalue weighted by Crippen LogP contribution is -2.49. The molecule has 10 nitrogen and oxygen atoms in total. The second-order valence-corrected chi connectivity index (χ2v) is 14.2. The number of amides is 1. The van der Waals surface area contributed by atoms with Gasteiger partial charge in [-0.1, -0.05) is 97.4 Å². The predicted molar refractivity (Wildman–Crippen MR) is 203 cm³/mol. The average molecular weight is 706 g/mol. The van der Waals surface area contributed by atoms with Crippen molar-refractivity contribution >= 4 is 29.0 Å². The van der Waals surface area contributed by atoms with E-state index in [9.17, 15) is 35.2 Å². The third-order valence-electron chi connectivity index (χ3n) is 8.47. The van der Waals surface area contributed by atoms with E-state index in [-0.39, 0.29) is 5.41 Å². The lowest BCUT2D eigenvalue weighted by Gasteiger charge is -2.41. The third-order valence-corrected chi connectivity index (χ3v) is 9.87. The summed E-state index contributed by atoms with van der Waals surface area (Å²) in [5.74, 6) is -0.589. The maximum Gasteiger partial charge on any atom is 0.256 e. The highest BCUT2D eigenvalue weighted by atomic mass is 32.2. The van der Waals surface area contributed by atoms with Crippen molar-refractivity contribution in [1.29, 1.82) is 0 Å². The summed E-state index contributed by atoms with van der Waals surface area (Å²) >= 11 is 1.79. The number of aliphatic hydroxyl groups is 5. The number of nitrogens with zero attached hydrogens (tertiary/aromatic N) is 2. The second-order valence-electron chi connectivity index (χ2n) is 13.2. The Morgan fingerprint density at radius 1 is 0.939 bits per heavy atom. The molecule has 11 heteroatoms. The number of nitroso groups, excluding NO2 is 1. The Hall–Kier alpha value is -2.54. The van der Waals surface area contributed by atoms with Gasteiger partial charge in [0.1, 0.15) is 24.9 Å². The molecule has 0 spiro atoms. The zero-order chi connectivity index (χ0) is 37.1. The fraction of sp³-hybridized carbons (Fsp3) is 0.658. The third kappa shape index (κ3) is 12.9. The Bertz CT molecular complexity index is 1240. The molecule has 1 heterocycles. The average Bonchev–Trinajstić information content (AvgIpc) is 3.19. The lowest BCUT2D eigenvalue weighted by atomic mass is 9.68. The van der Waals surface area contributed by atoms with Crippen LogP contribution in [0.5, 0.6) is 0 Å². The van der Waals surface area contributed by atoms with Crippen LogP contribution >= 0.6 is 11.8 Å². The van der Waals surface area contributed by atoms with Crippen LogP contribution in [0, 0.1) is 10.3 Å². The Labute approximate surface area is 298 Å². The number of carbonyl (C=O) groups is 1. The number of thioether (sulfide) groups is 1. The molecule has 3 unspecified atom stereocenters. The van der Waals surface area contributed by atoms with Gasteiger partial charge >= 0.3 is 0 Å². The van der Waals surface area contributed by atoms with Crippen molar-refractivity contribution in [2.45, 2.75) is 134 Å². The first-order valence-corrected chi connectivity index (χ1v) is 18.8. The van der Waals surface area contributed by atoms with Crippen LogP contribution in [-0.4, -0.2) is 88.4 Å². The van der Waals surface area contributed by atoms with E-state index >= 15 is 0 Å². The molecule has 2 aromatic carbocycles. The van der Waals surface area contributed by atoms with Gasteiger partial charge in [0.15, 0.2) is 6.10 Å². The number of carbonyl (C=O) groups excluding carboxylic acids is 1. The maximum absolute atomic E-state index is 12.8. The number of hydrogen-bond acceptors (Lipinski definition) is 10. The van der Waals surface area contributed by atoms with Crippen LogP contribution in [0.25, 0.3) is 0 Å². The van der Waals surface area contributed by atoms with Crippen LogP contribution in [0.3, 0.4) is 0 Å². The number of unbranched alkanes of at least 4 members (excludes halogenated alkanes) is 2. The molecule has 0 saturated carbocycles. The van der Waals surface area contributed by atoms with Crippen molar-refractivity contribution < 1.29 is 30.3 Å². The summed E-state index contributed by atoms with van der Waals surface area (Å²) in [6.07, 6.45) is -0.145. The molecule has 1 aliphatic rings. The minimum absolute atomic E-state index is 0.314. The van der Waals surface area contributed by atoms with E-state index in [2.05, 4.69) is 70.2 Å². The fourth-order valence-corrected chi connectivity index (χ4v) is 7.20. The van der Waals surface area contributed by atoms with Crippen LogP contribution in [0.4, 0.5) is 11.4 Å². The van der Waals surface area contributed by atoms with Gasteiger partial charge in [-0.15, -0.1) is 11.8 Å². The second kappa shape index (κ2) is 23.0. The number of rotatable bonds is 15. The Morgan fingerprint density at radius 2 is 1.53 bits per heavy atom. The number of hydrogen-bond donors (Lipinski definition) is 6. The molecule has 0 saturated heterocycles. The number of anilines is 2. The molecule has 1 aliphatic heterocycles. The van der Waals surface area contributed by atoms with Gasteiger partial charge in [0, 0.05) is 47.5 Å². The summed E-state index contributed by atoms with van der Waals surface area (Å²) in [5, 5.41) is 57.8. The molecule has 0 aliphatic carbocycles. The molecular formula is C38H63N3O7S. The quantitative estimate of drug-likeness (QED) is 0.111. The molecule has 6 atom stereocenters. The van der Waals surface area contributed by atoms with Crippen LogP contribution in [-0.2, 0) is 4.79 Å². The summed E-state index contributed by atoms with van der Waals surface area (Å²) in [4.78, 5) is 26.4. The monoisotopic (exact) mass is 705 g/mol. The fourth-order valence-electron chi connectivity index (χ4n) is 5.78. The molecule has 49 heavy (non-hydrogen) atoms. The number of benzene rings is 2. The van der Waals surface area contributed by atoms with E-state index in [4.69, 9.17) is 0 Å². The lowest BCUT2D eigenvalue weighted by molar-refractivity contribution is -0.141. The highest BCUT2D eigenvalue weighted by Gasteiger charge is 2.45. The van der Waals surface area contributed by atoms with Gasteiger partial charge in [0.2, 0.25) is 0 Å². The topological polar surface area (TPSA) is 163 Å². The Morgan fingerprint density at radius 3 is 2.06 bits per heavy atom. The molecule has 0 bridgehead atoms. The van der Waals surface area contributed by atoms with Gasteiger partial charge in [-0.05, 0) is 54.3 Å². The van der Waals surface area contributed by atoms with Crippen molar-refractivity contribution in [2.75, 3.05) is 36.6 Å². The molecule has 0 aromatic heterocycles. The van der Waals surface area contributed by atoms with Crippen molar-refractivity contribution in [2.24, 2.45) is 10.6 Å². The van der Waals surface area contributed by atoms with Gasteiger partial charge in [0.25, 0.3) is 5.91 Å². The first-order chi connectivity index (χ1) is 23.3. The van der Waals surface area contributed by atoms with E-state index in [1.165, 1.54) is 12.8 Å². The zero-order valence-electron chi connectivity index (χ0n) is 30.9. The van der Waals surface area contributed by atoms with E-state index in [1.54, 1.807) is 30.0 Å². The van der Waals surface area contributed by atoms with Crippen molar-refractivity contribution in [3.05, 3.63) is 58.5 Å². The minimum Gasteiger partial charge on any atom is -0.392 e. The highest BCUT2D eigenvalue weighted by molar-refractivity contribution is 7.99. The molecule has 0 fully saturated rings. The van der Waals surface area contributed by atoms with Crippen LogP contribution < -0.4 is 10.2 Å². The summed E-state index contributed by atoms with van der Waals surface area (Å²) in [6, 6.07) is 13.4. The van der Waals surface area contributed by atoms with Crippen molar-refractivity contribution in [3.63, 3.8) is 0 Å².